The summed E-state index contributed by atoms with van der Waals surface area (Å²) < 4.78 is 2.53. The second kappa shape index (κ2) is 8.09. The third-order valence-electron chi connectivity index (χ3n) is 4.70. The zero-order valence-corrected chi connectivity index (χ0v) is 15.9. The molecule has 22 heavy (non-hydrogen) atoms. The number of hydrogen-bond donors (Lipinski definition) is 0. The van der Waals surface area contributed by atoms with Gasteiger partial charge in [0.2, 0.25) is 5.69 Å². The lowest BCUT2D eigenvalue weighted by Gasteiger charge is -2.02. The molecule has 0 saturated carbocycles. The maximum atomic E-state index is 2.53. The average molecular weight is 407 g/mol. The van der Waals surface area contributed by atoms with Crippen molar-refractivity contribution in [1.82, 2.24) is 0 Å². The van der Waals surface area contributed by atoms with Gasteiger partial charge in [0.1, 0.15) is 6.54 Å². The van der Waals surface area contributed by atoms with Crippen molar-refractivity contribution in [1.29, 1.82) is 0 Å². The van der Waals surface area contributed by atoms with Crippen LogP contribution in [-0.4, -0.2) is 16.8 Å². The fourth-order valence-corrected chi connectivity index (χ4v) is 3.51. The second-order valence-corrected chi connectivity index (χ2v) is 6.19. The van der Waals surface area contributed by atoms with Crippen molar-refractivity contribution in [2.75, 3.05) is 6.54 Å². The third kappa shape index (κ3) is 3.37. The molecule has 118 valence electrons. The van der Waals surface area contributed by atoms with E-state index in [-0.39, 0.29) is 24.0 Å². The lowest BCUT2D eigenvalue weighted by atomic mass is 10.0. The first-order valence-corrected chi connectivity index (χ1v) is 8.46. The minimum Gasteiger partial charge on any atom is -1.00 e. The van der Waals surface area contributed by atoms with E-state index in [0.717, 1.165) is 6.54 Å². The van der Waals surface area contributed by atoms with Gasteiger partial charge in [0.25, 0.3) is 0 Å². The molecule has 0 aliphatic carbocycles. The molecule has 1 aliphatic rings. The highest BCUT2D eigenvalue weighted by Crippen LogP contribution is 2.35. The summed E-state index contributed by atoms with van der Waals surface area (Å²) in [6.07, 6.45) is 8.16. The predicted octanol–water partition coefficient (Wildman–Crippen LogP) is 2.67. The SMILES string of the molecule is CCCCCCCC[N+]1=C(C)c2cccc3cccc1c23.[I-]. The van der Waals surface area contributed by atoms with Crippen LogP contribution >= 0.6 is 0 Å². The van der Waals surface area contributed by atoms with Crippen molar-refractivity contribution in [3.63, 3.8) is 0 Å². The molecule has 0 amide bonds. The zero-order valence-electron chi connectivity index (χ0n) is 13.7. The van der Waals surface area contributed by atoms with Gasteiger partial charge in [-0.15, -0.1) is 0 Å². The van der Waals surface area contributed by atoms with E-state index in [0.29, 0.717) is 0 Å². The van der Waals surface area contributed by atoms with Gasteiger partial charge in [0.15, 0.2) is 5.71 Å². The molecule has 1 heterocycles. The molecule has 0 aromatic heterocycles. The van der Waals surface area contributed by atoms with E-state index >= 15 is 0 Å². The van der Waals surface area contributed by atoms with E-state index in [1.807, 2.05) is 0 Å². The van der Waals surface area contributed by atoms with Gasteiger partial charge in [-0.3, -0.25) is 0 Å². The van der Waals surface area contributed by atoms with Crippen LogP contribution in [0.2, 0.25) is 0 Å². The van der Waals surface area contributed by atoms with Gasteiger partial charge in [0.05, 0.1) is 10.9 Å². The van der Waals surface area contributed by atoms with Crippen molar-refractivity contribution >= 4 is 22.2 Å². The van der Waals surface area contributed by atoms with Crippen LogP contribution in [0.25, 0.3) is 10.8 Å². The van der Waals surface area contributed by atoms with E-state index in [1.54, 1.807) is 0 Å². The Kier molecular flexibility index (Phi) is 6.42. The monoisotopic (exact) mass is 407 g/mol. The summed E-state index contributed by atoms with van der Waals surface area (Å²) in [5.74, 6) is 0. The van der Waals surface area contributed by atoms with Crippen molar-refractivity contribution in [2.24, 2.45) is 0 Å². The van der Waals surface area contributed by atoms with E-state index in [9.17, 15) is 0 Å². The molecule has 1 aliphatic heterocycles. The first kappa shape index (κ1) is 17.5. The Morgan fingerprint density at radius 1 is 0.864 bits per heavy atom. The Morgan fingerprint density at radius 3 is 2.32 bits per heavy atom. The van der Waals surface area contributed by atoms with Gasteiger partial charge in [-0.05, 0) is 17.9 Å². The smallest absolute Gasteiger partial charge is 0.214 e. The topological polar surface area (TPSA) is 3.01 Å². The van der Waals surface area contributed by atoms with Crippen molar-refractivity contribution < 1.29 is 28.6 Å². The fraction of sp³-hybridized carbons (Fsp3) is 0.450. The molecule has 0 spiro atoms. The zero-order chi connectivity index (χ0) is 14.7. The molecule has 2 aromatic rings. The summed E-state index contributed by atoms with van der Waals surface area (Å²) in [6.45, 7) is 5.71. The molecule has 2 aromatic carbocycles. The molecule has 0 unspecified atom stereocenters. The highest BCUT2D eigenvalue weighted by Gasteiger charge is 2.28. The molecular formula is C20H26IN. The van der Waals surface area contributed by atoms with Gasteiger partial charge < -0.3 is 24.0 Å². The van der Waals surface area contributed by atoms with Crippen LogP contribution in [0, 0.1) is 0 Å². The number of halogens is 1. The molecule has 0 N–H and O–H groups in total. The van der Waals surface area contributed by atoms with E-state index in [1.165, 1.54) is 66.3 Å². The predicted molar refractivity (Wildman–Crippen MR) is 91.9 cm³/mol. The van der Waals surface area contributed by atoms with Crippen molar-refractivity contribution in [3.8, 4) is 0 Å². The molecule has 0 bridgehead atoms. The van der Waals surface area contributed by atoms with Gasteiger partial charge in [-0.1, -0.05) is 56.9 Å². The van der Waals surface area contributed by atoms with Gasteiger partial charge in [-0.2, -0.15) is 4.58 Å². The maximum absolute atomic E-state index is 2.53. The van der Waals surface area contributed by atoms with Crippen LogP contribution in [0.4, 0.5) is 5.69 Å². The minimum absolute atomic E-state index is 0. The van der Waals surface area contributed by atoms with E-state index in [2.05, 4.69) is 54.8 Å². The fourth-order valence-electron chi connectivity index (χ4n) is 3.51. The number of unbranched alkanes of at least 4 members (excludes halogenated alkanes) is 5. The molecule has 3 rings (SSSR count). The number of nitrogens with zero attached hydrogens (tertiary/aromatic N) is 1. The quantitative estimate of drug-likeness (QED) is 0.377. The Balaban J connectivity index is 0.00000176. The Bertz CT molecular complexity index is 667. The van der Waals surface area contributed by atoms with Crippen molar-refractivity contribution in [3.05, 3.63) is 42.0 Å². The summed E-state index contributed by atoms with van der Waals surface area (Å²) in [6, 6.07) is 13.4. The highest BCUT2D eigenvalue weighted by atomic mass is 127. The number of benzene rings is 2. The van der Waals surface area contributed by atoms with Gasteiger partial charge in [-0.25, -0.2) is 0 Å². The summed E-state index contributed by atoms with van der Waals surface area (Å²) in [5, 5.41) is 2.82. The molecule has 0 saturated heterocycles. The van der Waals surface area contributed by atoms with E-state index < -0.39 is 0 Å². The first-order chi connectivity index (χ1) is 10.3. The minimum atomic E-state index is 0. The molecule has 0 atom stereocenters. The highest BCUT2D eigenvalue weighted by molar-refractivity contribution is 6.14. The molecule has 2 heteroatoms. The van der Waals surface area contributed by atoms with Gasteiger partial charge in [0, 0.05) is 19.4 Å². The summed E-state index contributed by atoms with van der Waals surface area (Å²) in [4.78, 5) is 0. The van der Waals surface area contributed by atoms with Crippen LogP contribution in [0.3, 0.4) is 0 Å². The summed E-state index contributed by atoms with van der Waals surface area (Å²) >= 11 is 0. The lowest BCUT2D eigenvalue weighted by Crippen LogP contribution is -3.00. The van der Waals surface area contributed by atoms with Crippen LogP contribution < -0.4 is 24.0 Å². The van der Waals surface area contributed by atoms with Crippen molar-refractivity contribution in [2.45, 2.75) is 52.4 Å². The normalized spacial score (nSPS) is 12.8. The number of rotatable bonds is 7. The van der Waals surface area contributed by atoms with Crippen LogP contribution in [-0.2, 0) is 0 Å². The Labute approximate surface area is 151 Å². The first-order valence-electron chi connectivity index (χ1n) is 8.46. The lowest BCUT2D eigenvalue weighted by molar-refractivity contribution is -0.437. The van der Waals surface area contributed by atoms with E-state index in [4.69, 9.17) is 0 Å². The second-order valence-electron chi connectivity index (χ2n) is 6.19. The van der Waals surface area contributed by atoms with Gasteiger partial charge >= 0.3 is 0 Å². The van der Waals surface area contributed by atoms with Crippen LogP contribution in [0.15, 0.2) is 36.4 Å². The molecule has 1 nitrogen and oxygen atoms in total. The number of hydrogen-bond acceptors (Lipinski definition) is 0. The maximum Gasteiger partial charge on any atom is 0.214 e. The molecule has 0 radical (unpaired) electrons. The largest absolute Gasteiger partial charge is 1.00 e. The van der Waals surface area contributed by atoms with Crippen LogP contribution in [0.1, 0.15) is 57.9 Å². The summed E-state index contributed by atoms with van der Waals surface area (Å²) in [5.41, 5.74) is 4.26. The standard InChI is InChI=1S/C20H26N.HI/c1-3-4-5-6-7-8-15-21-16(2)18-13-9-11-17-12-10-14-19(21)20(17)18;/h9-14H,3-8,15H2,1-2H3;1H/q+1;/p-1. The Hall–Kier alpha value is -0.900. The summed E-state index contributed by atoms with van der Waals surface area (Å²) in [7, 11) is 0. The van der Waals surface area contributed by atoms with Crippen LogP contribution in [0.5, 0.6) is 0 Å². The molecule has 0 fully saturated rings. The average Bonchev–Trinajstić information content (AvgIpc) is 2.79. The third-order valence-corrected chi connectivity index (χ3v) is 4.70. The Morgan fingerprint density at radius 2 is 1.55 bits per heavy atom. The molecular weight excluding hydrogens is 381 g/mol.